The Morgan fingerprint density at radius 3 is 2.37 bits per heavy atom. The number of carbonyl (C=O) groups is 1. The average Bonchev–Trinajstić information content (AvgIpc) is 3.11. The van der Waals surface area contributed by atoms with Crippen molar-refractivity contribution in [3.05, 3.63) is 35.9 Å². The third-order valence-electron chi connectivity index (χ3n) is 5.03. The lowest BCUT2D eigenvalue weighted by Crippen LogP contribution is -2.35. The molecule has 0 saturated heterocycles. The molecule has 0 aliphatic carbocycles. The van der Waals surface area contributed by atoms with Crippen LogP contribution in [0.15, 0.2) is 34.9 Å². The van der Waals surface area contributed by atoms with E-state index in [0.29, 0.717) is 26.1 Å². The molecule has 0 bridgehead atoms. The van der Waals surface area contributed by atoms with E-state index in [1.807, 2.05) is 35.2 Å². The van der Waals surface area contributed by atoms with Crippen LogP contribution in [0.4, 0.5) is 5.88 Å². The summed E-state index contributed by atoms with van der Waals surface area (Å²) in [7, 11) is 1.69. The molecule has 0 fully saturated rings. The predicted molar refractivity (Wildman–Crippen MR) is 121 cm³/mol. The van der Waals surface area contributed by atoms with E-state index < -0.39 is 0 Å². The lowest BCUT2D eigenvalue weighted by molar-refractivity contribution is -0.133. The number of aromatic nitrogens is 1. The minimum atomic E-state index is -0.0742. The highest BCUT2D eigenvalue weighted by Crippen LogP contribution is 2.33. The second-order valence-electron chi connectivity index (χ2n) is 8.75. The molecule has 6 heteroatoms. The molecular weight excluding hydrogens is 378 g/mol. The zero-order valence-corrected chi connectivity index (χ0v) is 19.4. The van der Waals surface area contributed by atoms with Gasteiger partial charge in [0.1, 0.15) is 5.69 Å². The first kappa shape index (κ1) is 23.9. The number of nitrogens with zero attached hydrogens (tertiary/aromatic N) is 3. The summed E-state index contributed by atoms with van der Waals surface area (Å²) in [5, 5.41) is 4.41. The topological polar surface area (TPSA) is 58.8 Å². The fourth-order valence-corrected chi connectivity index (χ4v) is 3.47. The summed E-state index contributed by atoms with van der Waals surface area (Å²) in [6.07, 6.45) is 1.28. The van der Waals surface area contributed by atoms with Gasteiger partial charge in [-0.1, -0.05) is 56.3 Å². The summed E-state index contributed by atoms with van der Waals surface area (Å²) in [6, 6.07) is 10.0. The number of carbonyl (C=O) groups excluding carboxylic acids is 1. The molecule has 2 rings (SSSR count). The van der Waals surface area contributed by atoms with E-state index in [1.54, 1.807) is 7.11 Å². The van der Waals surface area contributed by atoms with Gasteiger partial charge in [0.2, 0.25) is 11.8 Å². The van der Waals surface area contributed by atoms with Gasteiger partial charge in [-0.2, -0.15) is 0 Å². The van der Waals surface area contributed by atoms with Gasteiger partial charge in [0.25, 0.3) is 0 Å². The first-order valence-electron chi connectivity index (χ1n) is 10.9. The first-order chi connectivity index (χ1) is 14.3. The van der Waals surface area contributed by atoms with Crippen molar-refractivity contribution in [2.24, 2.45) is 5.41 Å². The molecule has 0 atom stereocenters. The predicted octanol–water partition coefficient (Wildman–Crippen LogP) is 4.99. The van der Waals surface area contributed by atoms with Crippen molar-refractivity contribution in [1.82, 2.24) is 10.1 Å². The van der Waals surface area contributed by atoms with E-state index in [4.69, 9.17) is 9.26 Å². The maximum absolute atomic E-state index is 13.2. The summed E-state index contributed by atoms with van der Waals surface area (Å²) in [6.45, 7) is 13.8. The van der Waals surface area contributed by atoms with E-state index in [0.717, 1.165) is 42.2 Å². The quantitative estimate of drug-likeness (QED) is 0.484. The Labute approximate surface area is 181 Å². The Morgan fingerprint density at radius 2 is 1.80 bits per heavy atom. The normalized spacial score (nSPS) is 11.5. The molecule has 0 N–H and O–H groups in total. The minimum Gasteiger partial charge on any atom is -0.385 e. The maximum Gasteiger partial charge on any atom is 0.232 e. The molecule has 2 aromatic rings. The molecule has 1 aromatic heterocycles. The molecule has 6 nitrogen and oxygen atoms in total. The van der Waals surface area contributed by atoms with Crippen LogP contribution in [0.1, 0.15) is 53.0 Å². The lowest BCUT2D eigenvalue weighted by Gasteiger charge is -2.28. The number of benzene rings is 1. The summed E-state index contributed by atoms with van der Waals surface area (Å²) >= 11 is 0. The van der Waals surface area contributed by atoms with E-state index in [-0.39, 0.29) is 11.3 Å². The SMILES string of the molecule is CCN(CC)c1onc(-c2ccccc2)c1CN(CCCOC)C(=O)CC(C)(C)C. The molecule has 0 unspecified atom stereocenters. The van der Waals surface area contributed by atoms with Crippen molar-refractivity contribution in [2.45, 2.75) is 54.0 Å². The van der Waals surface area contributed by atoms with Crippen LogP contribution in [0.2, 0.25) is 0 Å². The van der Waals surface area contributed by atoms with Gasteiger partial charge in [0.05, 0.1) is 12.1 Å². The van der Waals surface area contributed by atoms with Gasteiger partial charge < -0.3 is 19.1 Å². The molecule has 0 radical (unpaired) electrons. The van der Waals surface area contributed by atoms with Crippen LogP contribution in [0.25, 0.3) is 11.3 Å². The van der Waals surface area contributed by atoms with E-state index in [1.165, 1.54) is 0 Å². The summed E-state index contributed by atoms with van der Waals surface area (Å²) in [4.78, 5) is 17.2. The van der Waals surface area contributed by atoms with E-state index in [2.05, 4.69) is 44.7 Å². The van der Waals surface area contributed by atoms with E-state index in [9.17, 15) is 4.79 Å². The van der Waals surface area contributed by atoms with E-state index >= 15 is 0 Å². The molecule has 0 saturated carbocycles. The third-order valence-corrected chi connectivity index (χ3v) is 5.03. The zero-order chi connectivity index (χ0) is 22.1. The van der Waals surface area contributed by atoms with Crippen molar-refractivity contribution in [3.63, 3.8) is 0 Å². The number of rotatable bonds is 11. The monoisotopic (exact) mass is 415 g/mol. The molecule has 166 valence electrons. The molecule has 0 spiro atoms. The standard InChI is InChI=1S/C24H37N3O3/c1-7-26(8-2)23-20(22(25-30-23)19-13-10-9-11-14-19)18-27(15-12-16-29-6)21(28)17-24(3,4)5/h9-11,13-14H,7-8,12,15-18H2,1-6H3. The van der Waals surface area contributed by atoms with Gasteiger partial charge >= 0.3 is 0 Å². The highest BCUT2D eigenvalue weighted by Gasteiger charge is 2.27. The number of ether oxygens (including phenoxy) is 1. The largest absolute Gasteiger partial charge is 0.385 e. The average molecular weight is 416 g/mol. The number of hydrogen-bond acceptors (Lipinski definition) is 5. The Balaban J connectivity index is 2.42. The molecule has 0 aliphatic rings. The smallest absolute Gasteiger partial charge is 0.232 e. The molecule has 1 amide bonds. The van der Waals surface area contributed by atoms with Crippen LogP contribution in [0.3, 0.4) is 0 Å². The molecule has 0 aliphatic heterocycles. The molecule has 1 aromatic carbocycles. The lowest BCUT2D eigenvalue weighted by atomic mass is 9.91. The zero-order valence-electron chi connectivity index (χ0n) is 19.4. The summed E-state index contributed by atoms with van der Waals surface area (Å²) in [5.74, 6) is 0.892. The van der Waals surface area contributed by atoms with Gasteiger partial charge in [-0.05, 0) is 25.7 Å². The van der Waals surface area contributed by atoms with Crippen molar-refractivity contribution < 1.29 is 14.1 Å². The van der Waals surface area contributed by atoms with Crippen molar-refractivity contribution in [2.75, 3.05) is 38.3 Å². The molecular formula is C24H37N3O3. The minimum absolute atomic E-state index is 0.0742. The van der Waals surface area contributed by atoms with Crippen molar-refractivity contribution in [3.8, 4) is 11.3 Å². The van der Waals surface area contributed by atoms with Gasteiger partial charge in [-0.3, -0.25) is 4.79 Å². The maximum atomic E-state index is 13.2. The highest BCUT2D eigenvalue weighted by molar-refractivity contribution is 5.78. The second kappa shape index (κ2) is 11.2. The molecule has 1 heterocycles. The van der Waals surface area contributed by atoms with Crippen molar-refractivity contribution in [1.29, 1.82) is 0 Å². The van der Waals surface area contributed by atoms with Crippen LogP contribution >= 0.6 is 0 Å². The number of anilines is 1. The Bertz CT molecular complexity index is 777. The van der Waals surface area contributed by atoms with Crippen LogP contribution < -0.4 is 4.90 Å². The van der Waals surface area contributed by atoms with Gasteiger partial charge in [0.15, 0.2) is 0 Å². The van der Waals surface area contributed by atoms with Crippen LogP contribution in [-0.4, -0.2) is 49.3 Å². The second-order valence-corrected chi connectivity index (χ2v) is 8.75. The first-order valence-corrected chi connectivity index (χ1v) is 10.9. The van der Waals surface area contributed by atoms with Crippen LogP contribution in [-0.2, 0) is 16.1 Å². The molecule has 30 heavy (non-hydrogen) atoms. The third kappa shape index (κ3) is 6.59. The summed E-state index contributed by atoms with van der Waals surface area (Å²) in [5.41, 5.74) is 2.69. The Kier molecular flexibility index (Phi) is 8.90. The van der Waals surface area contributed by atoms with Crippen LogP contribution in [0.5, 0.6) is 0 Å². The number of amides is 1. The Morgan fingerprint density at radius 1 is 1.13 bits per heavy atom. The number of hydrogen-bond donors (Lipinski definition) is 0. The summed E-state index contributed by atoms with van der Waals surface area (Å²) < 4.78 is 11.0. The van der Waals surface area contributed by atoms with Gasteiger partial charge in [-0.25, -0.2) is 0 Å². The fourth-order valence-electron chi connectivity index (χ4n) is 3.47. The van der Waals surface area contributed by atoms with Gasteiger partial charge in [0, 0.05) is 45.3 Å². The number of methoxy groups -OCH3 is 1. The fraction of sp³-hybridized carbons (Fsp3) is 0.583. The highest BCUT2D eigenvalue weighted by atomic mass is 16.5. The van der Waals surface area contributed by atoms with Crippen LogP contribution in [0, 0.1) is 5.41 Å². The van der Waals surface area contributed by atoms with Gasteiger partial charge in [-0.15, -0.1) is 0 Å². The Hall–Kier alpha value is -2.34. The van der Waals surface area contributed by atoms with Crippen molar-refractivity contribution >= 4 is 11.8 Å².